The molecule has 2 aromatic rings. The van der Waals surface area contributed by atoms with Crippen LogP contribution in [0.4, 0.5) is 0 Å². The Kier molecular flexibility index (Phi) is 2.38. The summed E-state index contributed by atoms with van der Waals surface area (Å²) >= 11 is 0. The highest BCUT2D eigenvalue weighted by Gasteiger charge is 2.29. The first kappa shape index (κ1) is 11.8. The Hall–Kier alpha value is -2.30. The smallest absolute Gasteiger partial charge is 0.335 e. The van der Waals surface area contributed by atoms with Crippen molar-refractivity contribution in [2.45, 2.75) is 25.9 Å². The normalized spacial score (nSPS) is 22.1. The van der Waals surface area contributed by atoms with Crippen LogP contribution < -0.4 is 5.32 Å². The Morgan fingerprint density at radius 2 is 2.05 bits per heavy atom. The second-order valence-corrected chi connectivity index (χ2v) is 4.98. The van der Waals surface area contributed by atoms with Crippen molar-refractivity contribution in [3.8, 4) is 0 Å². The minimum Gasteiger partial charge on any atom is -0.478 e. The summed E-state index contributed by atoms with van der Waals surface area (Å²) in [6.45, 7) is 3.96. The molecule has 1 aromatic heterocycles. The molecule has 2 heterocycles. The highest BCUT2D eigenvalue weighted by Crippen LogP contribution is 2.29. The third kappa shape index (κ3) is 1.62. The summed E-state index contributed by atoms with van der Waals surface area (Å²) in [6, 6.07) is 6.84. The second kappa shape index (κ2) is 3.85. The number of fused-ring (bicyclic) bond motifs is 3. The van der Waals surface area contributed by atoms with Gasteiger partial charge in [-0.3, -0.25) is 4.79 Å². The molecule has 5 nitrogen and oxygen atoms in total. The highest BCUT2D eigenvalue weighted by atomic mass is 16.4. The topological polar surface area (TPSA) is 71.3 Å². The number of nitrogens with zero attached hydrogens (tertiary/aromatic N) is 1. The SMILES string of the molecule is CC1NC(=O)c2cc3ccc(C(=O)O)cc3n2C1C. The zero-order valence-corrected chi connectivity index (χ0v) is 10.7. The lowest BCUT2D eigenvalue weighted by Crippen LogP contribution is -2.44. The van der Waals surface area contributed by atoms with Crippen molar-refractivity contribution in [1.29, 1.82) is 0 Å². The van der Waals surface area contributed by atoms with Gasteiger partial charge in [0, 0.05) is 16.9 Å². The van der Waals surface area contributed by atoms with Crippen LogP contribution in [-0.2, 0) is 0 Å². The van der Waals surface area contributed by atoms with Gasteiger partial charge in [-0.15, -0.1) is 0 Å². The fourth-order valence-electron chi connectivity index (χ4n) is 2.59. The Labute approximate surface area is 109 Å². The van der Waals surface area contributed by atoms with E-state index in [1.54, 1.807) is 24.3 Å². The van der Waals surface area contributed by atoms with E-state index in [4.69, 9.17) is 5.11 Å². The molecule has 1 aromatic carbocycles. The quantitative estimate of drug-likeness (QED) is 0.822. The zero-order valence-electron chi connectivity index (χ0n) is 10.7. The van der Waals surface area contributed by atoms with E-state index < -0.39 is 5.97 Å². The summed E-state index contributed by atoms with van der Waals surface area (Å²) < 4.78 is 1.92. The molecule has 0 aliphatic carbocycles. The summed E-state index contributed by atoms with van der Waals surface area (Å²) in [6.07, 6.45) is 0. The van der Waals surface area contributed by atoms with Crippen molar-refractivity contribution in [3.63, 3.8) is 0 Å². The zero-order chi connectivity index (χ0) is 13.7. The number of carbonyl (C=O) groups is 2. The number of nitrogens with one attached hydrogen (secondary N) is 1. The van der Waals surface area contributed by atoms with Crippen molar-refractivity contribution in [3.05, 3.63) is 35.5 Å². The molecule has 0 radical (unpaired) electrons. The van der Waals surface area contributed by atoms with Crippen LogP contribution in [-0.4, -0.2) is 27.6 Å². The molecule has 1 aliphatic heterocycles. The van der Waals surface area contributed by atoms with E-state index in [0.717, 1.165) is 10.9 Å². The highest BCUT2D eigenvalue weighted by molar-refractivity contribution is 6.01. The van der Waals surface area contributed by atoms with Gasteiger partial charge in [-0.25, -0.2) is 4.79 Å². The molecule has 0 bridgehead atoms. The summed E-state index contributed by atoms with van der Waals surface area (Å²) in [5, 5.41) is 12.9. The van der Waals surface area contributed by atoms with Gasteiger partial charge < -0.3 is 15.0 Å². The van der Waals surface area contributed by atoms with E-state index in [1.807, 2.05) is 18.4 Å². The summed E-state index contributed by atoms with van der Waals surface area (Å²) in [7, 11) is 0. The minimum atomic E-state index is -0.960. The van der Waals surface area contributed by atoms with Crippen LogP contribution in [0.1, 0.15) is 40.7 Å². The summed E-state index contributed by atoms with van der Waals surface area (Å²) in [5.41, 5.74) is 1.62. The van der Waals surface area contributed by atoms with E-state index in [2.05, 4.69) is 5.32 Å². The molecule has 98 valence electrons. The first-order valence-electron chi connectivity index (χ1n) is 6.18. The predicted molar refractivity (Wildman–Crippen MR) is 70.5 cm³/mol. The van der Waals surface area contributed by atoms with Crippen molar-refractivity contribution in [2.24, 2.45) is 0 Å². The second-order valence-electron chi connectivity index (χ2n) is 4.98. The number of carboxylic acids is 1. The van der Waals surface area contributed by atoms with Gasteiger partial charge in [0.2, 0.25) is 0 Å². The largest absolute Gasteiger partial charge is 0.478 e. The molecule has 0 saturated heterocycles. The average molecular weight is 258 g/mol. The lowest BCUT2D eigenvalue weighted by atomic mass is 10.1. The average Bonchev–Trinajstić information content (AvgIpc) is 2.75. The lowest BCUT2D eigenvalue weighted by Gasteiger charge is -2.30. The van der Waals surface area contributed by atoms with Crippen LogP contribution in [0.25, 0.3) is 10.9 Å². The van der Waals surface area contributed by atoms with E-state index in [-0.39, 0.29) is 23.6 Å². The fourth-order valence-corrected chi connectivity index (χ4v) is 2.59. The number of hydrogen-bond donors (Lipinski definition) is 2. The molecular formula is C14H14N2O3. The first-order chi connectivity index (χ1) is 8.99. The fraction of sp³-hybridized carbons (Fsp3) is 0.286. The van der Waals surface area contributed by atoms with Gasteiger partial charge in [0.15, 0.2) is 0 Å². The van der Waals surface area contributed by atoms with Gasteiger partial charge in [-0.1, -0.05) is 6.07 Å². The van der Waals surface area contributed by atoms with Crippen LogP contribution in [0, 0.1) is 0 Å². The number of aromatic nitrogens is 1. The molecule has 5 heteroatoms. The van der Waals surface area contributed by atoms with Gasteiger partial charge in [0.1, 0.15) is 5.69 Å². The number of benzene rings is 1. The monoisotopic (exact) mass is 258 g/mol. The van der Waals surface area contributed by atoms with Gasteiger partial charge in [-0.05, 0) is 32.0 Å². The molecule has 0 saturated carbocycles. The van der Waals surface area contributed by atoms with Crippen molar-refractivity contribution < 1.29 is 14.7 Å². The molecule has 2 unspecified atom stereocenters. The maximum atomic E-state index is 12.0. The number of rotatable bonds is 1. The first-order valence-corrected chi connectivity index (χ1v) is 6.18. The Morgan fingerprint density at radius 3 is 2.74 bits per heavy atom. The molecule has 0 spiro atoms. The van der Waals surface area contributed by atoms with Crippen molar-refractivity contribution in [2.75, 3.05) is 0 Å². The van der Waals surface area contributed by atoms with Crippen LogP contribution in [0.2, 0.25) is 0 Å². The van der Waals surface area contributed by atoms with Crippen LogP contribution in [0.5, 0.6) is 0 Å². The number of hydrogen-bond acceptors (Lipinski definition) is 2. The minimum absolute atomic E-state index is 0.0177. The molecule has 1 amide bonds. The van der Waals surface area contributed by atoms with E-state index in [1.165, 1.54) is 0 Å². The lowest BCUT2D eigenvalue weighted by molar-refractivity contribution is 0.0696. The van der Waals surface area contributed by atoms with Crippen molar-refractivity contribution >= 4 is 22.8 Å². The van der Waals surface area contributed by atoms with Crippen LogP contribution in [0.3, 0.4) is 0 Å². The van der Waals surface area contributed by atoms with Gasteiger partial charge >= 0.3 is 5.97 Å². The van der Waals surface area contributed by atoms with E-state index in [9.17, 15) is 9.59 Å². The van der Waals surface area contributed by atoms with E-state index in [0.29, 0.717) is 5.69 Å². The summed E-state index contributed by atoms with van der Waals surface area (Å²) in [4.78, 5) is 23.0. The van der Waals surface area contributed by atoms with Gasteiger partial charge in [0.25, 0.3) is 5.91 Å². The van der Waals surface area contributed by atoms with Gasteiger partial charge in [0.05, 0.1) is 11.6 Å². The predicted octanol–water partition coefficient (Wildman–Crippen LogP) is 2.03. The molecule has 2 atom stereocenters. The van der Waals surface area contributed by atoms with Crippen LogP contribution >= 0.6 is 0 Å². The maximum Gasteiger partial charge on any atom is 0.335 e. The third-order valence-corrected chi connectivity index (χ3v) is 3.81. The van der Waals surface area contributed by atoms with E-state index >= 15 is 0 Å². The maximum absolute atomic E-state index is 12.0. The van der Waals surface area contributed by atoms with Gasteiger partial charge in [-0.2, -0.15) is 0 Å². The number of amides is 1. The Balaban J connectivity index is 2.31. The molecule has 1 aliphatic rings. The summed E-state index contributed by atoms with van der Waals surface area (Å²) in [5.74, 6) is -1.07. The van der Waals surface area contributed by atoms with Crippen molar-refractivity contribution in [1.82, 2.24) is 9.88 Å². The molecule has 0 fully saturated rings. The molecule has 2 N–H and O–H groups in total. The Bertz CT molecular complexity index is 702. The number of carboxylic acid groups (broad SMARTS) is 1. The number of aromatic carboxylic acids is 1. The molecule has 19 heavy (non-hydrogen) atoms. The number of carbonyl (C=O) groups excluding carboxylic acids is 1. The van der Waals surface area contributed by atoms with Crippen LogP contribution in [0.15, 0.2) is 24.3 Å². The molecular weight excluding hydrogens is 244 g/mol. The molecule has 3 rings (SSSR count). The standard InChI is InChI=1S/C14H14N2O3/c1-7-8(2)16-11-6-10(14(18)19)4-3-9(11)5-12(16)13(17)15-7/h3-8H,1-2H3,(H,15,17)(H,18,19). The Morgan fingerprint density at radius 1 is 1.32 bits per heavy atom. The third-order valence-electron chi connectivity index (χ3n) is 3.81.